The van der Waals surface area contributed by atoms with E-state index in [0.717, 1.165) is 32.6 Å². The number of hydrogen-bond donors (Lipinski definition) is 0. The summed E-state index contributed by atoms with van der Waals surface area (Å²) in [5.74, 6) is 0. The molecule has 1 aliphatic carbocycles. The molecule has 3 heterocycles. The summed E-state index contributed by atoms with van der Waals surface area (Å²) in [5.41, 5.74) is 4.40. The lowest BCUT2D eigenvalue weighted by Gasteiger charge is -2.34. The van der Waals surface area contributed by atoms with Gasteiger partial charge in [-0.2, -0.15) is 0 Å². The minimum absolute atomic E-state index is 0.0215. The summed E-state index contributed by atoms with van der Waals surface area (Å²) in [5, 5.41) is 4.55. The minimum atomic E-state index is -0.612. The van der Waals surface area contributed by atoms with E-state index >= 15 is 0 Å². The first-order valence-corrected chi connectivity index (χ1v) is 13.3. The Balaban J connectivity index is 1.57. The number of thiophene rings is 1. The Morgan fingerprint density at radius 2 is 1.45 bits per heavy atom. The van der Waals surface area contributed by atoms with Crippen LogP contribution >= 0.6 is 34.9 Å². The van der Waals surface area contributed by atoms with Crippen molar-refractivity contribution in [2.24, 2.45) is 9.98 Å². The monoisotopic (exact) mass is 482 g/mol. The summed E-state index contributed by atoms with van der Waals surface area (Å²) in [6.07, 6.45) is 0. The van der Waals surface area contributed by atoms with Crippen LogP contribution in [0.25, 0.3) is 21.5 Å². The molecule has 0 bridgehead atoms. The van der Waals surface area contributed by atoms with Gasteiger partial charge in [0.2, 0.25) is 0 Å². The normalized spacial score (nSPS) is 23.2. The van der Waals surface area contributed by atoms with Gasteiger partial charge in [-0.15, -0.1) is 11.3 Å². The summed E-state index contributed by atoms with van der Waals surface area (Å²) in [7, 11) is 1.81. The summed E-state index contributed by atoms with van der Waals surface area (Å²) in [4.78, 5) is 9.85. The topological polar surface area (TPSA) is 34.0 Å². The first-order chi connectivity index (χ1) is 16.3. The van der Waals surface area contributed by atoms with E-state index in [-0.39, 0.29) is 5.25 Å². The van der Waals surface area contributed by atoms with E-state index in [4.69, 9.17) is 14.7 Å². The lowest BCUT2D eigenvalue weighted by Crippen LogP contribution is -2.48. The summed E-state index contributed by atoms with van der Waals surface area (Å²) in [6, 6.07) is 29.5. The predicted molar refractivity (Wildman–Crippen MR) is 143 cm³/mol. The zero-order valence-electron chi connectivity index (χ0n) is 17.7. The predicted octanol–water partition coefficient (Wildman–Crippen LogP) is 5.23. The lowest BCUT2D eigenvalue weighted by atomic mass is 10.0. The second-order valence-corrected chi connectivity index (χ2v) is 11.4. The number of hydrogen-bond acceptors (Lipinski definition) is 6. The van der Waals surface area contributed by atoms with Gasteiger partial charge in [0, 0.05) is 33.5 Å². The van der Waals surface area contributed by atoms with Crippen molar-refractivity contribution >= 4 is 66.4 Å². The molecule has 4 aromatic rings. The van der Waals surface area contributed by atoms with Crippen LogP contribution in [0.1, 0.15) is 11.1 Å². The van der Waals surface area contributed by atoms with Crippen LogP contribution in [0.15, 0.2) is 94.9 Å². The molecule has 2 atom stereocenters. The van der Waals surface area contributed by atoms with E-state index in [1.54, 1.807) is 34.9 Å². The number of methoxy groups -OCH3 is 1. The zero-order chi connectivity index (χ0) is 22.0. The number of aliphatic imine (C=N–C) groups is 2. The number of thioether (sulfide) groups is 2. The van der Waals surface area contributed by atoms with Gasteiger partial charge in [0.05, 0.1) is 15.5 Å². The van der Waals surface area contributed by atoms with Crippen molar-refractivity contribution in [2.45, 2.75) is 10.2 Å². The van der Waals surface area contributed by atoms with Crippen molar-refractivity contribution in [1.29, 1.82) is 0 Å². The van der Waals surface area contributed by atoms with Crippen LogP contribution in [0.4, 0.5) is 0 Å². The maximum Gasteiger partial charge on any atom is 0.180 e. The number of ether oxygens (including phenoxy) is 1. The Hall–Kier alpha value is -2.64. The number of fused-ring (bicyclic) bond motifs is 6. The first-order valence-electron chi connectivity index (χ1n) is 10.7. The van der Waals surface area contributed by atoms with Crippen LogP contribution in [-0.4, -0.2) is 27.4 Å². The fourth-order valence-electron chi connectivity index (χ4n) is 4.72. The quantitative estimate of drug-likeness (QED) is 0.401. The minimum Gasteiger partial charge on any atom is -0.360 e. The zero-order valence-corrected chi connectivity index (χ0v) is 20.1. The molecule has 1 aromatic heterocycles. The molecule has 0 amide bonds. The Morgan fingerprint density at radius 1 is 0.788 bits per heavy atom. The molecule has 0 N–H and O–H groups in total. The molecule has 2 unspecified atom stereocenters. The van der Waals surface area contributed by atoms with E-state index in [1.807, 2.05) is 19.2 Å². The molecular weight excluding hydrogens is 465 g/mol. The molecule has 0 saturated carbocycles. The van der Waals surface area contributed by atoms with Gasteiger partial charge < -0.3 is 4.74 Å². The molecule has 0 saturated heterocycles. The summed E-state index contributed by atoms with van der Waals surface area (Å²) in [6.45, 7) is 0. The van der Waals surface area contributed by atoms with Gasteiger partial charge in [0.25, 0.3) is 0 Å². The average Bonchev–Trinajstić information content (AvgIpc) is 3.58. The molecule has 0 fully saturated rings. The van der Waals surface area contributed by atoms with Gasteiger partial charge >= 0.3 is 0 Å². The van der Waals surface area contributed by atoms with E-state index in [9.17, 15) is 0 Å². The van der Waals surface area contributed by atoms with Crippen molar-refractivity contribution in [3.8, 4) is 0 Å². The van der Waals surface area contributed by atoms with Crippen LogP contribution in [0.3, 0.4) is 0 Å². The van der Waals surface area contributed by atoms with Crippen molar-refractivity contribution in [3.63, 3.8) is 0 Å². The SMILES string of the molecule is COC12SC(c3ccccc3)=NC1=c1sc3ccccc3c1=C1N=C(c3ccccc3)SC12. The fraction of sp³-hybridized carbons (Fsp3) is 0.111. The smallest absolute Gasteiger partial charge is 0.180 e. The van der Waals surface area contributed by atoms with Crippen LogP contribution < -0.4 is 9.75 Å². The molecule has 3 aromatic carbocycles. The van der Waals surface area contributed by atoms with Gasteiger partial charge in [-0.1, -0.05) is 102 Å². The van der Waals surface area contributed by atoms with Gasteiger partial charge in [-0.05, 0) is 6.07 Å². The van der Waals surface area contributed by atoms with Crippen molar-refractivity contribution < 1.29 is 4.74 Å². The average molecular weight is 483 g/mol. The summed E-state index contributed by atoms with van der Waals surface area (Å²) >= 11 is 5.32. The van der Waals surface area contributed by atoms with Crippen molar-refractivity contribution in [3.05, 3.63) is 106 Å². The Bertz CT molecular complexity index is 1610. The molecule has 6 heteroatoms. The highest BCUT2D eigenvalue weighted by Crippen LogP contribution is 2.56. The van der Waals surface area contributed by atoms with Crippen LogP contribution in [0, 0.1) is 0 Å². The molecular formula is C27H18N2OS3. The molecule has 0 radical (unpaired) electrons. The molecule has 3 nitrogen and oxygen atoms in total. The Labute approximate surface area is 203 Å². The molecule has 0 spiro atoms. The molecule has 33 heavy (non-hydrogen) atoms. The molecule has 2 aliphatic heterocycles. The molecule has 7 rings (SSSR count). The third-order valence-electron chi connectivity index (χ3n) is 6.25. The number of nitrogens with zero attached hydrogens (tertiary/aromatic N) is 2. The van der Waals surface area contributed by atoms with Gasteiger partial charge in [0.15, 0.2) is 4.93 Å². The standard InChI is InChI=1S/C27H18N2OS3/c1-30-27-23(29-26(33-27)17-12-6-3-7-13-17)22-20(18-14-8-9-15-19(18)31-22)21-24(27)32-25(28-21)16-10-4-2-5-11-16/h2-15,24H,1H3. The van der Waals surface area contributed by atoms with Crippen LogP contribution in [0.2, 0.25) is 0 Å². The number of benzene rings is 3. The Morgan fingerprint density at radius 3 is 2.18 bits per heavy atom. The summed E-state index contributed by atoms with van der Waals surface area (Å²) < 4.78 is 8.85. The maximum atomic E-state index is 6.41. The third kappa shape index (κ3) is 2.81. The van der Waals surface area contributed by atoms with Crippen LogP contribution in [-0.2, 0) is 4.74 Å². The second kappa shape index (κ2) is 7.43. The third-order valence-corrected chi connectivity index (χ3v) is 10.3. The van der Waals surface area contributed by atoms with Gasteiger partial charge in [0.1, 0.15) is 15.8 Å². The van der Waals surface area contributed by atoms with E-state index in [1.165, 1.54) is 19.8 Å². The van der Waals surface area contributed by atoms with E-state index in [2.05, 4.69) is 72.8 Å². The van der Waals surface area contributed by atoms with Gasteiger partial charge in [-0.3, -0.25) is 0 Å². The number of rotatable bonds is 3. The largest absolute Gasteiger partial charge is 0.360 e. The van der Waals surface area contributed by atoms with E-state index < -0.39 is 4.93 Å². The highest BCUT2D eigenvalue weighted by atomic mass is 32.2. The fourth-order valence-corrected chi connectivity index (χ4v) is 8.84. The second-order valence-electron chi connectivity index (χ2n) is 8.07. The first kappa shape index (κ1) is 19.8. The van der Waals surface area contributed by atoms with Crippen molar-refractivity contribution in [2.75, 3.05) is 7.11 Å². The van der Waals surface area contributed by atoms with E-state index in [0.29, 0.717) is 0 Å². The van der Waals surface area contributed by atoms with Crippen LogP contribution in [0.5, 0.6) is 0 Å². The highest BCUT2D eigenvalue weighted by Gasteiger charge is 2.56. The molecule has 160 valence electrons. The molecule has 3 aliphatic rings. The highest BCUT2D eigenvalue weighted by molar-refractivity contribution is 8.19. The van der Waals surface area contributed by atoms with Crippen molar-refractivity contribution in [1.82, 2.24) is 0 Å². The van der Waals surface area contributed by atoms with Gasteiger partial charge in [-0.25, -0.2) is 9.98 Å². The lowest BCUT2D eigenvalue weighted by molar-refractivity contribution is 0.127. The Kier molecular flexibility index (Phi) is 4.46. The maximum absolute atomic E-state index is 6.41.